The first-order chi connectivity index (χ1) is 9.01. The molecule has 1 heterocycles. The highest BCUT2D eigenvalue weighted by molar-refractivity contribution is 9.11. The van der Waals surface area contributed by atoms with Crippen molar-refractivity contribution < 1.29 is 9.53 Å². The molecule has 1 amide bonds. The van der Waals surface area contributed by atoms with Crippen LogP contribution in [0.5, 0.6) is 5.75 Å². The van der Waals surface area contributed by atoms with E-state index in [9.17, 15) is 4.79 Å². The number of benzene rings is 1. The Kier molecular flexibility index (Phi) is 5.05. The SMILES string of the molecule is CCOc1c(Br)cc(/C=C2/SC(=S)NC2=O)cc1Br. The Morgan fingerprint density at radius 2 is 2.05 bits per heavy atom. The number of halogens is 2. The zero-order valence-electron chi connectivity index (χ0n) is 9.83. The van der Waals surface area contributed by atoms with Gasteiger partial charge in [-0.05, 0) is 62.6 Å². The van der Waals surface area contributed by atoms with Gasteiger partial charge in [0.05, 0.1) is 20.5 Å². The van der Waals surface area contributed by atoms with Gasteiger partial charge in [0.2, 0.25) is 0 Å². The minimum absolute atomic E-state index is 0.156. The second-order valence-corrected chi connectivity index (χ2v) is 7.03. The molecule has 1 saturated heterocycles. The molecule has 0 bridgehead atoms. The van der Waals surface area contributed by atoms with E-state index in [0.717, 1.165) is 20.3 Å². The van der Waals surface area contributed by atoms with Crippen molar-refractivity contribution in [1.29, 1.82) is 0 Å². The highest BCUT2D eigenvalue weighted by atomic mass is 79.9. The van der Waals surface area contributed by atoms with Crippen molar-refractivity contribution in [3.8, 4) is 5.75 Å². The second-order valence-electron chi connectivity index (χ2n) is 3.60. The molecule has 0 atom stereocenters. The first-order valence-electron chi connectivity index (χ1n) is 5.38. The lowest BCUT2D eigenvalue weighted by molar-refractivity contribution is -0.115. The Balaban J connectivity index is 2.35. The lowest BCUT2D eigenvalue weighted by atomic mass is 10.2. The summed E-state index contributed by atoms with van der Waals surface area (Å²) in [7, 11) is 0. The summed E-state index contributed by atoms with van der Waals surface area (Å²) in [4.78, 5) is 12.2. The van der Waals surface area contributed by atoms with Crippen molar-refractivity contribution in [2.75, 3.05) is 6.61 Å². The van der Waals surface area contributed by atoms with Crippen LogP contribution < -0.4 is 10.1 Å². The van der Waals surface area contributed by atoms with Gasteiger partial charge in [0.15, 0.2) is 0 Å². The largest absolute Gasteiger partial charge is 0.492 e. The molecule has 3 nitrogen and oxygen atoms in total. The molecular formula is C12H9Br2NO2S2. The van der Waals surface area contributed by atoms with E-state index >= 15 is 0 Å². The zero-order chi connectivity index (χ0) is 14.0. The monoisotopic (exact) mass is 421 g/mol. The van der Waals surface area contributed by atoms with Crippen LogP contribution in [0.15, 0.2) is 26.0 Å². The number of thiocarbonyl (C=S) groups is 1. The highest BCUT2D eigenvalue weighted by Crippen LogP contribution is 2.36. The van der Waals surface area contributed by atoms with Crippen LogP contribution in [0.3, 0.4) is 0 Å². The Morgan fingerprint density at radius 1 is 1.42 bits per heavy atom. The predicted molar refractivity (Wildman–Crippen MR) is 89.3 cm³/mol. The van der Waals surface area contributed by atoms with E-state index in [4.69, 9.17) is 17.0 Å². The van der Waals surface area contributed by atoms with Crippen LogP contribution in [0.2, 0.25) is 0 Å². The lowest BCUT2D eigenvalue weighted by Gasteiger charge is -2.09. The molecule has 7 heteroatoms. The number of ether oxygens (including phenoxy) is 1. The van der Waals surface area contributed by atoms with E-state index in [1.807, 2.05) is 19.1 Å². The van der Waals surface area contributed by atoms with Crippen molar-refractivity contribution >= 4 is 72.1 Å². The number of carbonyl (C=O) groups is 1. The standard InChI is InChI=1S/C12H9Br2NO2S2/c1-2-17-10-7(13)3-6(4-8(10)14)5-9-11(16)15-12(18)19-9/h3-5H,2H2,1H3,(H,15,16,18)/b9-5+. The van der Waals surface area contributed by atoms with E-state index in [-0.39, 0.29) is 5.91 Å². The molecule has 1 aliphatic rings. The van der Waals surface area contributed by atoms with E-state index in [1.54, 1.807) is 6.08 Å². The Morgan fingerprint density at radius 3 is 2.53 bits per heavy atom. The quantitative estimate of drug-likeness (QED) is 0.587. The molecule has 1 N–H and O–H groups in total. The van der Waals surface area contributed by atoms with Crippen LogP contribution in [0, 0.1) is 0 Å². The summed E-state index contributed by atoms with van der Waals surface area (Å²) in [6.45, 7) is 2.51. The van der Waals surface area contributed by atoms with Crippen LogP contribution in [0.4, 0.5) is 0 Å². The maximum atomic E-state index is 11.6. The second kappa shape index (κ2) is 6.39. The molecule has 100 valence electrons. The highest BCUT2D eigenvalue weighted by Gasteiger charge is 2.22. The van der Waals surface area contributed by atoms with Crippen LogP contribution in [0.25, 0.3) is 6.08 Å². The average molecular weight is 423 g/mol. The Hall–Kier alpha value is -0.370. The van der Waals surface area contributed by atoms with E-state index in [2.05, 4.69) is 37.2 Å². The Labute approximate surface area is 137 Å². The maximum Gasteiger partial charge on any atom is 0.263 e. The summed E-state index contributed by atoms with van der Waals surface area (Å²) >= 11 is 13.1. The predicted octanol–water partition coefficient (Wildman–Crippen LogP) is 4.10. The molecule has 19 heavy (non-hydrogen) atoms. The first kappa shape index (κ1) is 15.0. The van der Waals surface area contributed by atoms with Crippen LogP contribution in [-0.4, -0.2) is 16.8 Å². The van der Waals surface area contributed by atoms with Gasteiger partial charge < -0.3 is 10.1 Å². The third kappa shape index (κ3) is 3.59. The molecule has 0 unspecified atom stereocenters. The molecular weight excluding hydrogens is 414 g/mol. The van der Waals surface area contributed by atoms with Crippen molar-refractivity contribution in [3.63, 3.8) is 0 Å². The van der Waals surface area contributed by atoms with Gasteiger partial charge >= 0.3 is 0 Å². The maximum absolute atomic E-state index is 11.6. The third-order valence-electron chi connectivity index (χ3n) is 2.25. The van der Waals surface area contributed by atoms with Crippen LogP contribution in [0.1, 0.15) is 12.5 Å². The lowest BCUT2D eigenvalue weighted by Crippen LogP contribution is -2.17. The summed E-state index contributed by atoms with van der Waals surface area (Å²) < 4.78 is 7.67. The molecule has 1 fully saturated rings. The molecule has 1 aliphatic heterocycles. The fourth-order valence-electron chi connectivity index (χ4n) is 1.52. The van der Waals surface area contributed by atoms with Gasteiger partial charge in [-0.15, -0.1) is 0 Å². The van der Waals surface area contributed by atoms with Crippen molar-refractivity contribution in [2.24, 2.45) is 0 Å². The molecule has 0 aromatic heterocycles. The molecule has 1 aromatic carbocycles. The van der Waals surface area contributed by atoms with E-state index in [0.29, 0.717) is 15.8 Å². The smallest absolute Gasteiger partial charge is 0.263 e. The molecule has 0 spiro atoms. The number of hydrogen-bond donors (Lipinski definition) is 1. The van der Waals surface area contributed by atoms with Gasteiger partial charge in [-0.2, -0.15) is 0 Å². The summed E-state index contributed by atoms with van der Waals surface area (Å²) in [5.74, 6) is 0.597. The average Bonchev–Trinajstić information content (AvgIpc) is 2.62. The first-order valence-corrected chi connectivity index (χ1v) is 8.19. The van der Waals surface area contributed by atoms with E-state index < -0.39 is 0 Å². The molecule has 0 radical (unpaired) electrons. The normalized spacial score (nSPS) is 16.9. The molecule has 1 aromatic rings. The summed E-state index contributed by atoms with van der Waals surface area (Å²) in [5, 5.41) is 2.59. The van der Waals surface area contributed by atoms with Gasteiger partial charge in [0.25, 0.3) is 5.91 Å². The van der Waals surface area contributed by atoms with Crippen molar-refractivity contribution in [3.05, 3.63) is 31.5 Å². The van der Waals surface area contributed by atoms with Crippen molar-refractivity contribution in [2.45, 2.75) is 6.92 Å². The number of carbonyl (C=O) groups excluding carboxylic acids is 1. The number of nitrogens with one attached hydrogen (secondary N) is 1. The molecule has 0 aliphatic carbocycles. The fourth-order valence-corrected chi connectivity index (χ4v) is 4.01. The van der Waals surface area contributed by atoms with Gasteiger partial charge in [-0.3, -0.25) is 4.79 Å². The minimum atomic E-state index is -0.156. The summed E-state index contributed by atoms with van der Waals surface area (Å²) in [5.41, 5.74) is 0.893. The summed E-state index contributed by atoms with van der Waals surface area (Å²) in [6.07, 6.45) is 1.80. The van der Waals surface area contributed by atoms with E-state index in [1.165, 1.54) is 11.8 Å². The van der Waals surface area contributed by atoms with Crippen molar-refractivity contribution in [1.82, 2.24) is 5.32 Å². The third-order valence-corrected chi connectivity index (χ3v) is 4.59. The van der Waals surface area contributed by atoms with Gasteiger partial charge in [0, 0.05) is 0 Å². The topological polar surface area (TPSA) is 38.3 Å². The number of amides is 1. The van der Waals surface area contributed by atoms with Crippen LogP contribution in [-0.2, 0) is 4.79 Å². The van der Waals surface area contributed by atoms with Crippen LogP contribution >= 0.6 is 55.8 Å². The Bertz CT molecular complexity index is 564. The zero-order valence-corrected chi connectivity index (χ0v) is 14.6. The molecule has 0 saturated carbocycles. The molecule has 2 rings (SSSR count). The van der Waals surface area contributed by atoms with Gasteiger partial charge in [-0.1, -0.05) is 24.0 Å². The number of hydrogen-bond acceptors (Lipinski definition) is 4. The minimum Gasteiger partial charge on any atom is -0.492 e. The van der Waals surface area contributed by atoms with Gasteiger partial charge in [-0.25, -0.2) is 0 Å². The number of rotatable bonds is 3. The van der Waals surface area contributed by atoms with Gasteiger partial charge in [0.1, 0.15) is 10.1 Å². The fraction of sp³-hybridized carbons (Fsp3) is 0.167. The number of thioether (sulfide) groups is 1. The summed E-state index contributed by atoms with van der Waals surface area (Å²) in [6, 6.07) is 3.80.